The van der Waals surface area contributed by atoms with Crippen LogP contribution >= 0.6 is 0 Å². The van der Waals surface area contributed by atoms with Gasteiger partial charge < -0.3 is 15.2 Å². The van der Waals surface area contributed by atoms with Crippen LogP contribution in [-0.2, 0) is 9.59 Å². The minimum Gasteiger partial charge on any atom is -0.400 e. The second-order valence-corrected chi connectivity index (χ2v) is 2.54. The fourth-order valence-electron chi connectivity index (χ4n) is 0.870. The van der Waals surface area contributed by atoms with Gasteiger partial charge in [0.2, 0.25) is 5.91 Å². The van der Waals surface area contributed by atoms with Crippen molar-refractivity contribution in [3.05, 3.63) is 29.8 Å². The van der Waals surface area contributed by atoms with E-state index < -0.39 is 17.5 Å². The maximum Gasteiger partial charge on any atom is 0.231 e. The molecule has 0 aliphatic carbocycles. The monoisotopic (exact) mass is 231 g/mol. The summed E-state index contributed by atoms with van der Waals surface area (Å²) in [5.41, 5.74) is -0.267. The van der Waals surface area contributed by atoms with Crippen molar-refractivity contribution in [1.29, 1.82) is 0 Å². The number of hydrogen-bond acceptors (Lipinski definition) is 3. The molecule has 4 nitrogen and oxygen atoms in total. The highest BCUT2D eigenvalue weighted by molar-refractivity contribution is 5.98. The fraction of sp³-hybridized carbons (Fsp3) is 0.200. The molecule has 0 saturated carbocycles. The Morgan fingerprint density at radius 3 is 2.62 bits per heavy atom. The molecule has 2 N–H and O–H groups in total. The predicted octanol–water partition coefficient (Wildman–Crippen LogP) is 1.10. The van der Waals surface area contributed by atoms with Crippen molar-refractivity contribution < 1.29 is 23.5 Å². The molecule has 1 aromatic rings. The van der Waals surface area contributed by atoms with Crippen molar-refractivity contribution >= 4 is 17.9 Å². The third kappa shape index (κ3) is 4.61. The zero-order chi connectivity index (χ0) is 12.6. The molecule has 88 valence electrons. The minimum atomic E-state index is -0.745. The zero-order valence-electron chi connectivity index (χ0n) is 8.54. The van der Waals surface area contributed by atoms with Gasteiger partial charge >= 0.3 is 0 Å². The number of nitrogens with one attached hydrogen (secondary N) is 1. The first kappa shape index (κ1) is 14.2. The number of carbonyl (C=O) groups excluding carboxylic acids is 2. The lowest BCUT2D eigenvalue weighted by atomic mass is 10.3. The Bertz CT molecular complexity index is 369. The quantitative estimate of drug-likeness (QED) is 0.604. The molecule has 0 bridgehead atoms. The number of aliphatic hydroxyl groups excluding tert-OH is 1. The first-order chi connectivity index (χ1) is 7.63. The molecule has 0 atom stereocenters. The van der Waals surface area contributed by atoms with E-state index >= 15 is 0 Å². The van der Waals surface area contributed by atoms with E-state index in [4.69, 9.17) is 5.11 Å². The smallest absolute Gasteiger partial charge is 0.231 e. The summed E-state index contributed by atoms with van der Waals surface area (Å²) in [6.45, 7) is 0. The summed E-state index contributed by atoms with van der Waals surface area (Å²) < 4.78 is 25.5. The molecular weight excluding hydrogens is 220 g/mol. The first-order valence-electron chi connectivity index (χ1n) is 4.26. The van der Waals surface area contributed by atoms with Gasteiger partial charge in [0.25, 0.3) is 0 Å². The Balaban J connectivity index is 0.00000106. The summed E-state index contributed by atoms with van der Waals surface area (Å²) in [7, 11) is 1.00. The van der Waals surface area contributed by atoms with Crippen LogP contribution in [0.15, 0.2) is 18.2 Å². The molecule has 0 saturated heterocycles. The highest BCUT2D eigenvalue weighted by Gasteiger charge is 2.07. The van der Waals surface area contributed by atoms with E-state index in [0.717, 1.165) is 25.3 Å². The van der Waals surface area contributed by atoms with E-state index in [0.29, 0.717) is 6.29 Å². The molecule has 6 heteroatoms. The number of halogens is 2. The average molecular weight is 231 g/mol. The molecule has 0 aliphatic heterocycles. The Morgan fingerprint density at radius 2 is 2.06 bits per heavy atom. The lowest BCUT2D eigenvalue weighted by Crippen LogP contribution is -2.12. The van der Waals surface area contributed by atoms with Crippen LogP contribution in [0.1, 0.15) is 6.42 Å². The molecule has 0 fully saturated rings. The third-order valence-electron chi connectivity index (χ3n) is 1.47. The minimum absolute atomic E-state index is 0.267. The van der Waals surface area contributed by atoms with Crippen LogP contribution in [0, 0.1) is 11.6 Å². The van der Waals surface area contributed by atoms with E-state index in [-0.39, 0.29) is 12.1 Å². The van der Waals surface area contributed by atoms with Gasteiger partial charge in [-0.15, -0.1) is 0 Å². The maximum atomic E-state index is 12.9. The highest BCUT2D eigenvalue weighted by atomic mass is 19.1. The van der Waals surface area contributed by atoms with E-state index in [2.05, 4.69) is 5.32 Å². The van der Waals surface area contributed by atoms with Crippen molar-refractivity contribution in [1.82, 2.24) is 0 Å². The van der Waals surface area contributed by atoms with Gasteiger partial charge in [-0.3, -0.25) is 4.79 Å². The lowest BCUT2D eigenvalue weighted by Gasteiger charge is -2.03. The number of rotatable bonds is 3. The first-order valence-corrected chi connectivity index (χ1v) is 4.26. The number of benzene rings is 1. The number of carbonyl (C=O) groups is 2. The Hall–Kier alpha value is -1.82. The van der Waals surface area contributed by atoms with Crippen LogP contribution in [0.4, 0.5) is 14.5 Å². The number of aldehydes is 1. The van der Waals surface area contributed by atoms with Crippen LogP contribution in [-0.4, -0.2) is 24.4 Å². The average Bonchev–Trinajstić information content (AvgIpc) is 2.27. The molecule has 0 heterocycles. The van der Waals surface area contributed by atoms with Crippen LogP contribution in [0.2, 0.25) is 0 Å². The van der Waals surface area contributed by atoms with E-state index in [1.54, 1.807) is 0 Å². The van der Waals surface area contributed by atoms with Gasteiger partial charge in [0.15, 0.2) is 0 Å². The van der Waals surface area contributed by atoms with E-state index in [1.165, 1.54) is 0 Å². The molecule has 0 radical (unpaired) electrons. The number of anilines is 1. The van der Waals surface area contributed by atoms with Crippen molar-refractivity contribution in [2.75, 3.05) is 12.4 Å². The summed E-state index contributed by atoms with van der Waals surface area (Å²) >= 11 is 0. The normalized spacial score (nSPS) is 8.75. The Labute approximate surface area is 90.9 Å². The van der Waals surface area contributed by atoms with Gasteiger partial charge in [-0.1, -0.05) is 0 Å². The lowest BCUT2D eigenvalue weighted by molar-refractivity contribution is -0.120. The standard InChI is InChI=1S/C9H7F2NO2.CH4O/c10-6-1-2-7(11)8(5-6)12-9(14)3-4-13;1-2/h1-2,4-5H,3H2,(H,12,14);2H,1H3. The summed E-state index contributed by atoms with van der Waals surface area (Å²) in [5.74, 6) is -2.08. The molecule has 1 aromatic carbocycles. The number of aliphatic hydroxyl groups is 1. The summed E-state index contributed by atoms with van der Waals surface area (Å²) in [5, 5.41) is 9.07. The molecular formula is C10H11F2NO3. The summed E-state index contributed by atoms with van der Waals surface area (Å²) in [4.78, 5) is 20.8. The fourth-order valence-corrected chi connectivity index (χ4v) is 0.870. The summed E-state index contributed by atoms with van der Waals surface area (Å²) in [6.07, 6.45) is 0.00247. The van der Waals surface area contributed by atoms with Gasteiger partial charge in [-0.2, -0.15) is 0 Å². The van der Waals surface area contributed by atoms with Crippen molar-refractivity contribution in [2.45, 2.75) is 6.42 Å². The molecule has 0 aromatic heterocycles. The second-order valence-electron chi connectivity index (χ2n) is 2.54. The number of amides is 1. The predicted molar refractivity (Wildman–Crippen MR) is 53.8 cm³/mol. The van der Waals surface area contributed by atoms with Crippen molar-refractivity contribution in [2.24, 2.45) is 0 Å². The van der Waals surface area contributed by atoms with Gasteiger partial charge in [-0.05, 0) is 12.1 Å². The van der Waals surface area contributed by atoms with Crippen molar-refractivity contribution in [3.8, 4) is 0 Å². The maximum absolute atomic E-state index is 12.9. The molecule has 16 heavy (non-hydrogen) atoms. The Kier molecular flexibility index (Phi) is 6.62. The van der Waals surface area contributed by atoms with Crippen LogP contribution < -0.4 is 5.32 Å². The molecule has 0 aliphatic rings. The van der Waals surface area contributed by atoms with Gasteiger partial charge in [0.05, 0.1) is 12.1 Å². The molecule has 0 unspecified atom stereocenters. The molecule has 0 spiro atoms. The van der Waals surface area contributed by atoms with Crippen LogP contribution in [0.25, 0.3) is 0 Å². The van der Waals surface area contributed by atoms with E-state index in [1.807, 2.05) is 0 Å². The molecule has 1 rings (SSSR count). The second kappa shape index (κ2) is 7.47. The number of hydrogen-bond donors (Lipinski definition) is 2. The topological polar surface area (TPSA) is 66.4 Å². The van der Waals surface area contributed by atoms with Crippen molar-refractivity contribution in [3.63, 3.8) is 0 Å². The van der Waals surface area contributed by atoms with Crippen LogP contribution in [0.5, 0.6) is 0 Å². The zero-order valence-corrected chi connectivity index (χ0v) is 8.54. The summed E-state index contributed by atoms with van der Waals surface area (Å²) in [6, 6.07) is 2.68. The highest BCUT2D eigenvalue weighted by Crippen LogP contribution is 2.15. The third-order valence-corrected chi connectivity index (χ3v) is 1.47. The van der Waals surface area contributed by atoms with E-state index in [9.17, 15) is 18.4 Å². The molecule has 1 amide bonds. The van der Waals surface area contributed by atoms with Gasteiger partial charge in [-0.25, -0.2) is 8.78 Å². The van der Waals surface area contributed by atoms with Gasteiger partial charge in [0.1, 0.15) is 17.9 Å². The SMILES string of the molecule is CO.O=CCC(=O)Nc1cc(F)ccc1F. The van der Waals surface area contributed by atoms with Gasteiger partial charge in [0, 0.05) is 13.2 Å². The Morgan fingerprint density at radius 1 is 1.44 bits per heavy atom. The van der Waals surface area contributed by atoms with Crippen LogP contribution in [0.3, 0.4) is 0 Å². The largest absolute Gasteiger partial charge is 0.400 e.